The van der Waals surface area contributed by atoms with Crippen LogP contribution >= 0.6 is 0 Å². The molecule has 0 saturated heterocycles. The molecule has 114 valence electrons. The van der Waals surface area contributed by atoms with Gasteiger partial charge in [-0.3, -0.25) is 4.90 Å². The zero-order chi connectivity index (χ0) is 15.2. The third-order valence-corrected chi connectivity index (χ3v) is 3.53. The van der Waals surface area contributed by atoms with Gasteiger partial charge in [0, 0.05) is 6.54 Å². The molecule has 0 atom stereocenters. The summed E-state index contributed by atoms with van der Waals surface area (Å²) in [7, 11) is 2.13. The summed E-state index contributed by atoms with van der Waals surface area (Å²) in [6.45, 7) is 12.8. The Labute approximate surface area is 125 Å². The van der Waals surface area contributed by atoms with Crippen LogP contribution in [0.15, 0.2) is 18.2 Å². The second kappa shape index (κ2) is 7.68. The maximum atomic E-state index is 6.06. The van der Waals surface area contributed by atoms with Crippen molar-refractivity contribution in [3.05, 3.63) is 29.3 Å². The first-order valence-electron chi connectivity index (χ1n) is 7.77. The molecule has 1 aromatic carbocycles. The van der Waals surface area contributed by atoms with Crippen molar-refractivity contribution in [1.29, 1.82) is 0 Å². The monoisotopic (exact) mass is 277 g/mol. The third-order valence-electron chi connectivity index (χ3n) is 3.53. The Morgan fingerprint density at radius 1 is 1.15 bits per heavy atom. The Morgan fingerprint density at radius 3 is 2.45 bits per heavy atom. The highest BCUT2D eigenvalue weighted by atomic mass is 16.5. The van der Waals surface area contributed by atoms with Crippen molar-refractivity contribution in [3.63, 3.8) is 0 Å². The fraction of sp³-hybridized carbons (Fsp3) is 0.667. The van der Waals surface area contributed by atoms with E-state index in [0.29, 0.717) is 6.73 Å². The average Bonchev–Trinajstić information content (AvgIpc) is 2.35. The SMILES string of the molecule is CCCCCN(C)COc1cc(C)ccc1C(C)(C)C. The fourth-order valence-corrected chi connectivity index (χ4v) is 2.24. The molecular weight excluding hydrogens is 246 g/mol. The first kappa shape index (κ1) is 17.0. The molecule has 0 amide bonds. The van der Waals surface area contributed by atoms with E-state index in [-0.39, 0.29) is 5.41 Å². The molecule has 0 unspecified atom stereocenters. The lowest BCUT2D eigenvalue weighted by Gasteiger charge is -2.25. The van der Waals surface area contributed by atoms with Gasteiger partial charge in [0.25, 0.3) is 0 Å². The minimum atomic E-state index is 0.115. The molecule has 2 nitrogen and oxygen atoms in total. The van der Waals surface area contributed by atoms with Gasteiger partial charge in [0.1, 0.15) is 12.5 Å². The molecule has 0 aliphatic heterocycles. The van der Waals surface area contributed by atoms with Crippen LogP contribution in [0.3, 0.4) is 0 Å². The summed E-state index contributed by atoms with van der Waals surface area (Å²) in [5, 5.41) is 0. The Bertz CT molecular complexity index is 406. The number of unbranched alkanes of at least 4 members (excludes halogenated alkanes) is 2. The minimum Gasteiger partial charge on any atom is -0.478 e. The number of benzene rings is 1. The Morgan fingerprint density at radius 2 is 1.85 bits per heavy atom. The van der Waals surface area contributed by atoms with Crippen LogP contribution in [0.4, 0.5) is 0 Å². The lowest BCUT2D eigenvalue weighted by atomic mass is 9.86. The van der Waals surface area contributed by atoms with Gasteiger partial charge in [0.05, 0.1) is 0 Å². The van der Waals surface area contributed by atoms with Crippen molar-refractivity contribution in [2.75, 3.05) is 20.3 Å². The lowest BCUT2D eigenvalue weighted by Crippen LogP contribution is -2.26. The predicted octanol–water partition coefficient (Wildman–Crippen LogP) is 4.75. The smallest absolute Gasteiger partial charge is 0.141 e. The standard InChI is InChI=1S/C18H31NO/c1-7-8-9-12-19(6)14-20-17-13-15(2)10-11-16(17)18(3,4)5/h10-11,13H,7-9,12,14H2,1-6H3. The van der Waals surface area contributed by atoms with E-state index in [4.69, 9.17) is 4.74 Å². The molecule has 20 heavy (non-hydrogen) atoms. The zero-order valence-corrected chi connectivity index (χ0v) is 14.1. The average molecular weight is 277 g/mol. The van der Waals surface area contributed by atoms with Crippen molar-refractivity contribution in [2.24, 2.45) is 0 Å². The Kier molecular flexibility index (Phi) is 6.54. The van der Waals surface area contributed by atoms with Crippen LogP contribution in [0.1, 0.15) is 58.1 Å². The van der Waals surface area contributed by atoms with Crippen LogP contribution < -0.4 is 4.74 Å². The first-order chi connectivity index (χ1) is 9.34. The normalized spacial score (nSPS) is 11.9. The van der Waals surface area contributed by atoms with Crippen molar-refractivity contribution in [3.8, 4) is 5.75 Å². The molecule has 0 N–H and O–H groups in total. The van der Waals surface area contributed by atoms with Crippen LogP contribution in [0, 0.1) is 6.92 Å². The van der Waals surface area contributed by atoms with Gasteiger partial charge in [-0.25, -0.2) is 0 Å². The van der Waals surface area contributed by atoms with E-state index in [1.807, 2.05) is 0 Å². The number of hydrogen-bond donors (Lipinski definition) is 0. The van der Waals surface area contributed by atoms with E-state index < -0.39 is 0 Å². The summed E-state index contributed by atoms with van der Waals surface area (Å²) in [6.07, 6.45) is 3.80. The number of rotatable bonds is 7. The van der Waals surface area contributed by atoms with Gasteiger partial charge in [-0.1, -0.05) is 52.7 Å². The van der Waals surface area contributed by atoms with Crippen LogP contribution in [0.5, 0.6) is 5.75 Å². The van der Waals surface area contributed by atoms with E-state index in [9.17, 15) is 0 Å². The van der Waals surface area contributed by atoms with Gasteiger partial charge < -0.3 is 4.74 Å². The molecule has 2 heteroatoms. The summed E-state index contributed by atoms with van der Waals surface area (Å²) < 4.78 is 6.06. The maximum Gasteiger partial charge on any atom is 0.141 e. The highest BCUT2D eigenvalue weighted by Crippen LogP contribution is 2.32. The minimum absolute atomic E-state index is 0.115. The molecule has 0 fully saturated rings. The number of hydrogen-bond acceptors (Lipinski definition) is 2. The van der Waals surface area contributed by atoms with Gasteiger partial charge in [0.2, 0.25) is 0 Å². The highest BCUT2D eigenvalue weighted by Gasteiger charge is 2.19. The van der Waals surface area contributed by atoms with E-state index in [0.717, 1.165) is 12.3 Å². The molecule has 0 aliphatic carbocycles. The molecule has 0 bridgehead atoms. The van der Waals surface area contributed by atoms with E-state index in [2.05, 4.69) is 64.8 Å². The van der Waals surface area contributed by atoms with Crippen molar-refractivity contribution in [2.45, 2.75) is 59.3 Å². The van der Waals surface area contributed by atoms with Crippen molar-refractivity contribution < 1.29 is 4.74 Å². The summed E-state index contributed by atoms with van der Waals surface area (Å²) in [5.74, 6) is 1.03. The fourth-order valence-electron chi connectivity index (χ4n) is 2.24. The van der Waals surface area contributed by atoms with E-state index in [1.165, 1.54) is 30.4 Å². The Balaban J connectivity index is 2.65. The topological polar surface area (TPSA) is 12.5 Å². The summed E-state index contributed by atoms with van der Waals surface area (Å²) in [5.41, 5.74) is 2.65. The molecule has 0 aliphatic rings. The molecule has 1 rings (SSSR count). The number of nitrogens with zero attached hydrogens (tertiary/aromatic N) is 1. The number of aryl methyl sites for hydroxylation is 1. The zero-order valence-electron chi connectivity index (χ0n) is 14.1. The van der Waals surface area contributed by atoms with Gasteiger partial charge >= 0.3 is 0 Å². The summed E-state index contributed by atoms with van der Waals surface area (Å²) in [4.78, 5) is 2.25. The van der Waals surface area contributed by atoms with E-state index in [1.54, 1.807) is 0 Å². The van der Waals surface area contributed by atoms with Gasteiger partial charge in [0.15, 0.2) is 0 Å². The quantitative estimate of drug-likeness (QED) is 0.527. The second-order valence-corrected chi connectivity index (χ2v) is 6.81. The summed E-state index contributed by atoms with van der Waals surface area (Å²) >= 11 is 0. The molecule has 0 aromatic heterocycles. The Hall–Kier alpha value is -1.02. The van der Waals surface area contributed by atoms with Gasteiger partial charge in [-0.15, -0.1) is 0 Å². The van der Waals surface area contributed by atoms with Crippen molar-refractivity contribution in [1.82, 2.24) is 4.90 Å². The second-order valence-electron chi connectivity index (χ2n) is 6.81. The van der Waals surface area contributed by atoms with Crippen LogP contribution in [0.2, 0.25) is 0 Å². The molecule has 0 radical (unpaired) electrons. The molecule has 1 aromatic rings. The third kappa shape index (κ3) is 5.54. The van der Waals surface area contributed by atoms with Crippen LogP contribution in [-0.2, 0) is 5.41 Å². The summed E-state index contributed by atoms with van der Waals surface area (Å²) in [6, 6.07) is 6.51. The maximum absolute atomic E-state index is 6.06. The lowest BCUT2D eigenvalue weighted by molar-refractivity contribution is 0.148. The van der Waals surface area contributed by atoms with Crippen LogP contribution in [-0.4, -0.2) is 25.2 Å². The first-order valence-corrected chi connectivity index (χ1v) is 7.77. The number of ether oxygens (including phenoxy) is 1. The van der Waals surface area contributed by atoms with Crippen LogP contribution in [0.25, 0.3) is 0 Å². The molecular formula is C18H31NO. The molecule has 0 saturated carbocycles. The molecule has 0 heterocycles. The molecule has 0 spiro atoms. The predicted molar refractivity (Wildman–Crippen MR) is 87.5 cm³/mol. The highest BCUT2D eigenvalue weighted by molar-refractivity contribution is 5.41. The van der Waals surface area contributed by atoms with Gasteiger partial charge in [-0.2, -0.15) is 0 Å². The van der Waals surface area contributed by atoms with Crippen molar-refractivity contribution >= 4 is 0 Å². The van der Waals surface area contributed by atoms with Gasteiger partial charge in [-0.05, 0) is 43.0 Å². The van der Waals surface area contributed by atoms with E-state index >= 15 is 0 Å². The largest absolute Gasteiger partial charge is 0.478 e.